The summed E-state index contributed by atoms with van der Waals surface area (Å²) in [5.74, 6) is 0.691. The highest BCUT2D eigenvalue weighted by Crippen LogP contribution is 2.43. The summed E-state index contributed by atoms with van der Waals surface area (Å²) in [5, 5.41) is 13.9. The third kappa shape index (κ3) is 2.52. The van der Waals surface area contributed by atoms with Gasteiger partial charge in [-0.3, -0.25) is 4.90 Å². The van der Waals surface area contributed by atoms with E-state index in [1.165, 1.54) is 44.9 Å². The lowest BCUT2D eigenvalue weighted by Gasteiger charge is -2.44. The standard InChI is InChI=1S/C16H28N2O2/c19-11-16(12-4-5-12,17-13-6-7-13)10-18-8-9-20-15-3-1-2-14(15)18/h12-15,17,19H,1-11H2. The molecule has 1 saturated heterocycles. The van der Waals surface area contributed by atoms with E-state index in [4.69, 9.17) is 4.74 Å². The van der Waals surface area contributed by atoms with Crippen molar-refractivity contribution in [3.8, 4) is 0 Å². The average Bonchev–Trinajstić information content (AvgIpc) is 3.38. The van der Waals surface area contributed by atoms with Crippen molar-refractivity contribution < 1.29 is 9.84 Å². The minimum Gasteiger partial charge on any atom is -0.394 e. The van der Waals surface area contributed by atoms with Crippen LogP contribution in [0, 0.1) is 5.92 Å². The van der Waals surface area contributed by atoms with Crippen molar-refractivity contribution in [1.82, 2.24) is 10.2 Å². The van der Waals surface area contributed by atoms with Crippen molar-refractivity contribution in [1.29, 1.82) is 0 Å². The van der Waals surface area contributed by atoms with Gasteiger partial charge in [0.25, 0.3) is 0 Å². The van der Waals surface area contributed by atoms with Gasteiger partial charge in [-0.15, -0.1) is 0 Å². The van der Waals surface area contributed by atoms with Gasteiger partial charge in [0.15, 0.2) is 0 Å². The topological polar surface area (TPSA) is 44.7 Å². The molecular weight excluding hydrogens is 252 g/mol. The van der Waals surface area contributed by atoms with Crippen molar-refractivity contribution in [2.24, 2.45) is 5.92 Å². The number of rotatable bonds is 6. The van der Waals surface area contributed by atoms with Crippen molar-refractivity contribution in [2.45, 2.75) is 68.7 Å². The van der Waals surface area contributed by atoms with Gasteiger partial charge in [0, 0.05) is 25.2 Å². The zero-order valence-corrected chi connectivity index (χ0v) is 12.4. The first kappa shape index (κ1) is 13.5. The fourth-order valence-electron chi connectivity index (χ4n) is 4.35. The summed E-state index contributed by atoms with van der Waals surface area (Å²) in [6, 6.07) is 1.28. The Labute approximate surface area is 121 Å². The molecule has 20 heavy (non-hydrogen) atoms. The van der Waals surface area contributed by atoms with Crippen molar-refractivity contribution in [3.05, 3.63) is 0 Å². The Morgan fingerprint density at radius 1 is 1.15 bits per heavy atom. The average molecular weight is 280 g/mol. The van der Waals surface area contributed by atoms with Gasteiger partial charge in [0.2, 0.25) is 0 Å². The molecule has 4 aliphatic rings. The predicted octanol–water partition coefficient (Wildman–Crippen LogP) is 1.13. The van der Waals surface area contributed by atoms with Gasteiger partial charge in [-0.05, 0) is 50.9 Å². The second-order valence-corrected chi connectivity index (χ2v) is 7.39. The van der Waals surface area contributed by atoms with Crippen molar-refractivity contribution in [3.63, 3.8) is 0 Å². The Kier molecular flexibility index (Phi) is 3.53. The molecule has 0 spiro atoms. The van der Waals surface area contributed by atoms with Crippen LogP contribution in [0.15, 0.2) is 0 Å². The molecule has 0 amide bonds. The number of nitrogens with one attached hydrogen (secondary N) is 1. The third-order valence-corrected chi connectivity index (χ3v) is 5.79. The number of fused-ring (bicyclic) bond motifs is 1. The van der Waals surface area contributed by atoms with Crippen LogP contribution in [-0.2, 0) is 4.74 Å². The number of nitrogens with zero attached hydrogens (tertiary/aromatic N) is 1. The summed E-state index contributed by atoms with van der Waals surface area (Å²) < 4.78 is 5.93. The van der Waals surface area contributed by atoms with E-state index in [1.54, 1.807) is 0 Å². The van der Waals surface area contributed by atoms with Gasteiger partial charge < -0.3 is 15.2 Å². The Morgan fingerprint density at radius 2 is 2.00 bits per heavy atom. The third-order valence-electron chi connectivity index (χ3n) is 5.79. The highest BCUT2D eigenvalue weighted by atomic mass is 16.5. The van der Waals surface area contributed by atoms with Crippen molar-refractivity contribution >= 4 is 0 Å². The monoisotopic (exact) mass is 280 g/mol. The summed E-state index contributed by atoms with van der Waals surface area (Å²) in [5.41, 5.74) is -0.0361. The van der Waals surface area contributed by atoms with E-state index in [2.05, 4.69) is 10.2 Å². The molecule has 4 nitrogen and oxygen atoms in total. The smallest absolute Gasteiger partial charge is 0.0730 e. The Bertz CT molecular complexity index is 356. The van der Waals surface area contributed by atoms with Gasteiger partial charge in [-0.2, -0.15) is 0 Å². The number of aliphatic hydroxyl groups excluding tert-OH is 1. The van der Waals surface area contributed by atoms with Crippen LogP contribution in [0.1, 0.15) is 44.9 Å². The molecule has 3 unspecified atom stereocenters. The van der Waals surface area contributed by atoms with E-state index in [1.807, 2.05) is 0 Å². The summed E-state index contributed by atoms with van der Waals surface area (Å²) in [6.07, 6.45) is 9.44. The molecule has 1 aliphatic heterocycles. The zero-order valence-electron chi connectivity index (χ0n) is 12.4. The lowest BCUT2D eigenvalue weighted by atomic mass is 9.91. The molecule has 4 fully saturated rings. The van der Waals surface area contributed by atoms with Crippen LogP contribution < -0.4 is 5.32 Å². The number of aliphatic hydroxyl groups is 1. The normalized spacial score (nSPS) is 37.6. The van der Waals surface area contributed by atoms with Crippen molar-refractivity contribution in [2.75, 3.05) is 26.3 Å². The molecular formula is C16H28N2O2. The molecule has 114 valence electrons. The lowest BCUT2D eigenvalue weighted by molar-refractivity contribution is -0.0697. The van der Waals surface area contributed by atoms with E-state index < -0.39 is 0 Å². The largest absolute Gasteiger partial charge is 0.394 e. The van der Waals surface area contributed by atoms with Crippen LogP contribution in [0.3, 0.4) is 0 Å². The Morgan fingerprint density at radius 3 is 2.70 bits per heavy atom. The first-order chi connectivity index (χ1) is 9.81. The Balaban J connectivity index is 1.48. The molecule has 0 aromatic heterocycles. The predicted molar refractivity (Wildman–Crippen MR) is 77.7 cm³/mol. The summed E-state index contributed by atoms with van der Waals surface area (Å²) in [4.78, 5) is 2.63. The van der Waals surface area contributed by atoms with E-state index in [-0.39, 0.29) is 5.54 Å². The zero-order chi connectivity index (χ0) is 13.6. The molecule has 3 saturated carbocycles. The van der Waals surface area contributed by atoms with Crippen LogP contribution in [0.2, 0.25) is 0 Å². The maximum atomic E-state index is 10.1. The van der Waals surface area contributed by atoms with Gasteiger partial charge in [0.1, 0.15) is 0 Å². The van der Waals surface area contributed by atoms with Gasteiger partial charge in [0.05, 0.1) is 24.9 Å². The van der Waals surface area contributed by atoms with Gasteiger partial charge >= 0.3 is 0 Å². The maximum absolute atomic E-state index is 10.1. The number of hydrogen-bond acceptors (Lipinski definition) is 4. The highest BCUT2D eigenvalue weighted by molar-refractivity contribution is 5.07. The number of ether oxygens (including phenoxy) is 1. The molecule has 0 aromatic carbocycles. The lowest BCUT2D eigenvalue weighted by Crippen LogP contribution is -2.62. The minimum atomic E-state index is -0.0361. The van der Waals surface area contributed by atoms with E-state index in [9.17, 15) is 5.11 Å². The summed E-state index contributed by atoms with van der Waals surface area (Å²) >= 11 is 0. The molecule has 1 heterocycles. The minimum absolute atomic E-state index is 0.0361. The molecule has 2 N–H and O–H groups in total. The van der Waals surface area contributed by atoms with Crippen LogP contribution in [0.25, 0.3) is 0 Å². The van der Waals surface area contributed by atoms with Crippen LogP contribution in [0.5, 0.6) is 0 Å². The fourth-order valence-corrected chi connectivity index (χ4v) is 4.35. The Hall–Kier alpha value is -0.160. The first-order valence-electron chi connectivity index (χ1n) is 8.55. The quantitative estimate of drug-likeness (QED) is 0.766. The van der Waals surface area contributed by atoms with Crippen LogP contribution in [-0.4, -0.2) is 60.0 Å². The molecule has 0 radical (unpaired) electrons. The molecule has 4 heteroatoms. The SMILES string of the molecule is OCC(CN1CCOC2CCCC21)(NC1CC1)C1CC1. The number of morpholine rings is 1. The van der Waals surface area contributed by atoms with Gasteiger partial charge in [-0.1, -0.05) is 0 Å². The summed E-state index contributed by atoms with van der Waals surface area (Å²) in [7, 11) is 0. The second-order valence-electron chi connectivity index (χ2n) is 7.39. The van der Waals surface area contributed by atoms with E-state index >= 15 is 0 Å². The second kappa shape index (κ2) is 5.24. The van der Waals surface area contributed by atoms with Crippen LogP contribution in [0.4, 0.5) is 0 Å². The van der Waals surface area contributed by atoms with E-state index in [0.29, 0.717) is 30.7 Å². The number of hydrogen-bond donors (Lipinski definition) is 2. The van der Waals surface area contributed by atoms with Crippen LogP contribution >= 0.6 is 0 Å². The first-order valence-corrected chi connectivity index (χ1v) is 8.55. The highest BCUT2D eigenvalue weighted by Gasteiger charge is 2.50. The fraction of sp³-hybridized carbons (Fsp3) is 1.00. The molecule has 3 aliphatic carbocycles. The van der Waals surface area contributed by atoms with E-state index in [0.717, 1.165) is 19.7 Å². The molecule has 0 bridgehead atoms. The van der Waals surface area contributed by atoms with Gasteiger partial charge in [-0.25, -0.2) is 0 Å². The molecule has 3 atom stereocenters. The molecule has 0 aromatic rings. The summed E-state index contributed by atoms with van der Waals surface area (Å²) in [6.45, 7) is 3.23. The maximum Gasteiger partial charge on any atom is 0.0730 e. The molecule has 4 rings (SSSR count).